The molecule has 3 rings (SSSR count). The predicted molar refractivity (Wildman–Crippen MR) is 79.1 cm³/mol. The quantitative estimate of drug-likeness (QED) is 0.912. The van der Waals surface area contributed by atoms with E-state index in [9.17, 15) is 9.18 Å². The van der Waals surface area contributed by atoms with Gasteiger partial charge in [-0.1, -0.05) is 18.2 Å². The minimum Gasteiger partial charge on any atom is -0.494 e. The van der Waals surface area contributed by atoms with Gasteiger partial charge in [0.05, 0.1) is 12.8 Å². The van der Waals surface area contributed by atoms with Crippen molar-refractivity contribution in [2.24, 2.45) is 0 Å². The molecular formula is C16H15FN2O2. The molecule has 0 radical (unpaired) electrons. The summed E-state index contributed by atoms with van der Waals surface area (Å²) in [6.45, 7) is 0. The van der Waals surface area contributed by atoms with Crippen LogP contribution in [0, 0.1) is 5.82 Å². The van der Waals surface area contributed by atoms with Gasteiger partial charge >= 0.3 is 0 Å². The molecule has 0 spiro atoms. The van der Waals surface area contributed by atoms with Crippen molar-refractivity contribution in [2.45, 2.75) is 12.5 Å². The fourth-order valence-corrected chi connectivity index (χ4v) is 2.44. The van der Waals surface area contributed by atoms with E-state index in [1.165, 1.54) is 25.3 Å². The van der Waals surface area contributed by atoms with Crippen molar-refractivity contribution < 1.29 is 13.9 Å². The van der Waals surface area contributed by atoms with E-state index in [1.807, 2.05) is 24.3 Å². The second-order valence-electron chi connectivity index (χ2n) is 4.89. The number of benzene rings is 2. The average molecular weight is 286 g/mol. The van der Waals surface area contributed by atoms with Crippen molar-refractivity contribution in [3.05, 3.63) is 53.8 Å². The van der Waals surface area contributed by atoms with Crippen LogP contribution in [-0.4, -0.2) is 19.1 Å². The van der Waals surface area contributed by atoms with E-state index in [1.54, 1.807) is 0 Å². The molecule has 2 aromatic rings. The van der Waals surface area contributed by atoms with Crippen LogP contribution in [0.15, 0.2) is 42.5 Å². The maximum Gasteiger partial charge on any atom is 0.247 e. The minimum atomic E-state index is -0.406. The average Bonchev–Trinajstić information content (AvgIpc) is 2.93. The summed E-state index contributed by atoms with van der Waals surface area (Å²) in [7, 11) is 1.44. The van der Waals surface area contributed by atoms with E-state index in [4.69, 9.17) is 4.74 Å². The first-order valence-corrected chi connectivity index (χ1v) is 6.66. The van der Waals surface area contributed by atoms with Crippen molar-refractivity contribution in [3.8, 4) is 5.75 Å². The van der Waals surface area contributed by atoms with Gasteiger partial charge in [0.1, 0.15) is 17.6 Å². The Balaban J connectivity index is 1.74. The van der Waals surface area contributed by atoms with Crippen LogP contribution in [0.2, 0.25) is 0 Å². The van der Waals surface area contributed by atoms with Crippen molar-refractivity contribution >= 4 is 17.3 Å². The van der Waals surface area contributed by atoms with Crippen molar-refractivity contribution in [1.82, 2.24) is 0 Å². The lowest BCUT2D eigenvalue weighted by molar-refractivity contribution is -0.116. The van der Waals surface area contributed by atoms with E-state index in [-0.39, 0.29) is 11.9 Å². The van der Waals surface area contributed by atoms with Crippen LogP contribution in [0.3, 0.4) is 0 Å². The molecule has 0 fully saturated rings. The van der Waals surface area contributed by atoms with E-state index in [0.29, 0.717) is 17.9 Å². The second-order valence-corrected chi connectivity index (χ2v) is 4.89. The van der Waals surface area contributed by atoms with Crippen molar-refractivity contribution in [3.63, 3.8) is 0 Å². The molecule has 0 aliphatic carbocycles. The van der Waals surface area contributed by atoms with Gasteiger partial charge in [0, 0.05) is 18.2 Å². The first-order chi connectivity index (χ1) is 10.2. The molecule has 0 saturated carbocycles. The van der Waals surface area contributed by atoms with Gasteiger partial charge in [-0.3, -0.25) is 4.79 Å². The predicted octanol–water partition coefficient (Wildman–Crippen LogP) is 2.81. The highest BCUT2D eigenvalue weighted by Crippen LogP contribution is 2.28. The van der Waals surface area contributed by atoms with Gasteiger partial charge in [0.15, 0.2) is 0 Å². The summed E-state index contributed by atoms with van der Waals surface area (Å²) in [5.41, 5.74) is 2.55. The number of carbonyl (C=O) groups excluding carboxylic acids is 1. The zero-order chi connectivity index (χ0) is 14.8. The molecule has 1 heterocycles. The van der Waals surface area contributed by atoms with Crippen LogP contribution in [0.25, 0.3) is 0 Å². The second kappa shape index (κ2) is 5.44. The van der Waals surface area contributed by atoms with Crippen LogP contribution in [0.1, 0.15) is 5.56 Å². The number of ether oxygens (including phenoxy) is 1. The van der Waals surface area contributed by atoms with Crippen LogP contribution < -0.4 is 15.4 Å². The maximum atomic E-state index is 13.1. The number of anilines is 2. The topological polar surface area (TPSA) is 50.4 Å². The summed E-state index contributed by atoms with van der Waals surface area (Å²) in [6, 6.07) is 11.5. The third-order valence-electron chi connectivity index (χ3n) is 3.51. The van der Waals surface area contributed by atoms with E-state index >= 15 is 0 Å². The smallest absolute Gasteiger partial charge is 0.247 e. The first-order valence-electron chi connectivity index (χ1n) is 6.66. The molecule has 0 unspecified atom stereocenters. The zero-order valence-electron chi connectivity index (χ0n) is 11.5. The number of methoxy groups -OCH3 is 1. The molecule has 5 heteroatoms. The summed E-state index contributed by atoms with van der Waals surface area (Å²) in [5.74, 6) is -0.272. The molecule has 108 valence electrons. The first kappa shape index (κ1) is 13.4. The van der Waals surface area contributed by atoms with E-state index < -0.39 is 5.82 Å². The number of rotatable bonds is 3. The van der Waals surface area contributed by atoms with E-state index in [0.717, 1.165) is 11.3 Å². The van der Waals surface area contributed by atoms with Gasteiger partial charge < -0.3 is 15.4 Å². The standard InChI is InChI=1S/C16H15FN2O2/c1-21-15-9-11(17)6-7-13(15)19-16(20)14-8-10-4-2-3-5-12(10)18-14/h2-7,9,14,18H,8H2,1H3,(H,19,20)/t14-/m0/s1. The number of nitrogens with one attached hydrogen (secondary N) is 2. The monoisotopic (exact) mass is 286 g/mol. The van der Waals surface area contributed by atoms with Crippen LogP contribution in [0.5, 0.6) is 5.75 Å². The number of fused-ring (bicyclic) bond motifs is 1. The fraction of sp³-hybridized carbons (Fsp3) is 0.188. The number of para-hydroxylation sites is 1. The Kier molecular flexibility index (Phi) is 3.48. The van der Waals surface area contributed by atoms with Gasteiger partial charge in [-0.15, -0.1) is 0 Å². The summed E-state index contributed by atoms with van der Waals surface area (Å²) in [5, 5.41) is 5.95. The fourth-order valence-electron chi connectivity index (χ4n) is 2.44. The van der Waals surface area contributed by atoms with Crippen LogP contribution in [-0.2, 0) is 11.2 Å². The van der Waals surface area contributed by atoms with Crippen LogP contribution >= 0.6 is 0 Å². The molecule has 0 bridgehead atoms. The Morgan fingerprint density at radius 3 is 2.90 bits per heavy atom. The zero-order valence-corrected chi connectivity index (χ0v) is 11.5. The Labute approximate surface area is 121 Å². The summed E-state index contributed by atoms with van der Waals surface area (Å²) < 4.78 is 18.2. The number of hydrogen-bond acceptors (Lipinski definition) is 3. The third kappa shape index (κ3) is 2.67. The normalized spacial score (nSPS) is 16.0. The highest BCUT2D eigenvalue weighted by Gasteiger charge is 2.26. The number of hydrogen-bond donors (Lipinski definition) is 2. The Morgan fingerprint density at radius 2 is 2.14 bits per heavy atom. The number of halogens is 1. The molecular weight excluding hydrogens is 271 g/mol. The largest absolute Gasteiger partial charge is 0.494 e. The third-order valence-corrected chi connectivity index (χ3v) is 3.51. The van der Waals surface area contributed by atoms with Gasteiger partial charge in [-0.05, 0) is 23.8 Å². The summed E-state index contributed by atoms with van der Waals surface area (Å²) in [6.07, 6.45) is 0.630. The van der Waals surface area contributed by atoms with Crippen molar-refractivity contribution in [2.75, 3.05) is 17.7 Å². The molecule has 1 aliphatic rings. The molecule has 1 amide bonds. The van der Waals surface area contributed by atoms with Crippen molar-refractivity contribution in [1.29, 1.82) is 0 Å². The number of carbonyl (C=O) groups is 1. The van der Waals surface area contributed by atoms with Gasteiger partial charge in [-0.25, -0.2) is 4.39 Å². The highest BCUT2D eigenvalue weighted by molar-refractivity contribution is 5.99. The Morgan fingerprint density at radius 1 is 1.33 bits per heavy atom. The SMILES string of the molecule is COc1cc(F)ccc1NC(=O)[C@@H]1Cc2ccccc2N1. The van der Waals surface area contributed by atoms with Gasteiger partial charge in [-0.2, -0.15) is 0 Å². The molecule has 21 heavy (non-hydrogen) atoms. The maximum absolute atomic E-state index is 13.1. The molecule has 2 aromatic carbocycles. The van der Waals surface area contributed by atoms with Gasteiger partial charge in [0.2, 0.25) is 5.91 Å². The van der Waals surface area contributed by atoms with Gasteiger partial charge in [0.25, 0.3) is 0 Å². The summed E-state index contributed by atoms with van der Waals surface area (Å²) >= 11 is 0. The van der Waals surface area contributed by atoms with Crippen LogP contribution in [0.4, 0.5) is 15.8 Å². The molecule has 0 aromatic heterocycles. The minimum absolute atomic E-state index is 0.170. The lowest BCUT2D eigenvalue weighted by Crippen LogP contribution is -2.32. The Hall–Kier alpha value is -2.56. The lowest BCUT2D eigenvalue weighted by Gasteiger charge is -2.14. The molecule has 2 N–H and O–H groups in total. The van der Waals surface area contributed by atoms with E-state index in [2.05, 4.69) is 10.6 Å². The lowest BCUT2D eigenvalue weighted by atomic mass is 10.1. The molecule has 0 saturated heterocycles. The number of amides is 1. The highest BCUT2D eigenvalue weighted by atomic mass is 19.1. The molecule has 4 nitrogen and oxygen atoms in total. The summed E-state index contributed by atoms with van der Waals surface area (Å²) in [4.78, 5) is 12.3. The molecule has 1 atom stereocenters. The Bertz CT molecular complexity index is 663. The molecule has 1 aliphatic heterocycles.